The first kappa shape index (κ1) is 20.4. The maximum Gasteiger partial charge on any atom is 0.256 e. The molecule has 8 heteroatoms. The van der Waals surface area contributed by atoms with E-state index in [4.69, 9.17) is 10.8 Å². The van der Waals surface area contributed by atoms with Gasteiger partial charge in [-0.05, 0) is 60.9 Å². The molecule has 33 heavy (non-hydrogen) atoms. The molecule has 0 atom stereocenters. The van der Waals surface area contributed by atoms with Gasteiger partial charge in [-0.2, -0.15) is 0 Å². The number of amidine groups is 1. The molecule has 1 aromatic carbocycles. The Morgan fingerprint density at radius 3 is 2.67 bits per heavy atom. The number of fused-ring (bicyclic) bond motifs is 1. The van der Waals surface area contributed by atoms with Gasteiger partial charge in [0, 0.05) is 29.6 Å². The van der Waals surface area contributed by atoms with Gasteiger partial charge in [-0.3, -0.25) is 25.6 Å². The maximum atomic E-state index is 12.9. The molecule has 162 valence electrons. The van der Waals surface area contributed by atoms with E-state index in [1.54, 1.807) is 47.6 Å². The van der Waals surface area contributed by atoms with E-state index in [1.165, 1.54) is 0 Å². The molecule has 1 saturated carbocycles. The average molecular weight is 435 g/mol. The molecule has 0 radical (unpaired) electrons. The number of nitrogens with one attached hydrogen (secondary N) is 3. The van der Waals surface area contributed by atoms with Crippen LogP contribution >= 0.6 is 0 Å². The average Bonchev–Trinajstić information content (AvgIpc) is 3.69. The molecule has 0 saturated heterocycles. The Balaban J connectivity index is 1.36. The summed E-state index contributed by atoms with van der Waals surface area (Å²) >= 11 is 0. The fraction of sp³-hybridized carbons (Fsp3) is 0.120. The highest BCUT2D eigenvalue weighted by Gasteiger charge is 2.30. The minimum atomic E-state index is -0.300. The lowest BCUT2D eigenvalue weighted by atomic mass is 10.0. The van der Waals surface area contributed by atoms with Crippen molar-refractivity contribution in [2.75, 3.05) is 5.32 Å². The fourth-order valence-corrected chi connectivity index (χ4v) is 3.61. The zero-order chi connectivity index (χ0) is 22.8. The van der Waals surface area contributed by atoms with E-state index < -0.39 is 0 Å². The first-order valence-electron chi connectivity index (χ1n) is 10.6. The summed E-state index contributed by atoms with van der Waals surface area (Å²) in [5.41, 5.74) is 4.23. The molecule has 1 amide bonds. The number of amides is 1. The van der Waals surface area contributed by atoms with Crippen LogP contribution in [-0.4, -0.2) is 44.0 Å². The molecular formula is C25H21N7O. The number of aromatic nitrogens is 3. The van der Waals surface area contributed by atoms with Crippen molar-refractivity contribution in [2.45, 2.75) is 18.9 Å². The van der Waals surface area contributed by atoms with Crippen LogP contribution in [0.1, 0.15) is 28.9 Å². The summed E-state index contributed by atoms with van der Waals surface area (Å²) in [7, 11) is 0. The van der Waals surface area contributed by atoms with Gasteiger partial charge in [0.1, 0.15) is 11.5 Å². The van der Waals surface area contributed by atoms with Crippen molar-refractivity contribution < 1.29 is 4.79 Å². The summed E-state index contributed by atoms with van der Waals surface area (Å²) in [6, 6.07) is 18.3. The quantitative estimate of drug-likeness (QED) is 0.307. The third-order valence-electron chi connectivity index (χ3n) is 5.48. The van der Waals surface area contributed by atoms with Crippen molar-refractivity contribution in [1.29, 1.82) is 10.8 Å². The molecule has 0 aliphatic heterocycles. The number of anilines is 1. The van der Waals surface area contributed by atoms with Crippen LogP contribution in [0, 0.1) is 10.8 Å². The molecule has 1 aliphatic rings. The Labute approximate surface area is 190 Å². The van der Waals surface area contributed by atoms with Gasteiger partial charge in [-0.25, -0.2) is 4.98 Å². The van der Waals surface area contributed by atoms with Crippen LogP contribution in [-0.2, 0) is 0 Å². The van der Waals surface area contributed by atoms with Crippen LogP contribution in [0.15, 0.2) is 73.1 Å². The van der Waals surface area contributed by atoms with E-state index in [1.807, 2.05) is 30.3 Å². The molecular weight excluding hydrogens is 414 g/mol. The number of pyridine rings is 3. The van der Waals surface area contributed by atoms with Crippen molar-refractivity contribution in [3.05, 3.63) is 84.3 Å². The number of carbonyl (C=O) groups is 1. The van der Waals surface area contributed by atoms with Crippen molar-refractivity contribution in [1.82, 2.24) is 19.9 Å². The van der Waals surface area contributed by atoms with Gasteiger partial charge in [0.25, 0.3) is 5.91 Å². The lowest BCUT2D eigenvalue weighted by Crippen LogP contribution is -2.32. The maximum absolute atomic E-state index is 12.9. The van der Waals surface area contributed by atoms with E-state index in [-0.39, 0.29) is 17.8 Å². The lowest BCUT2D eigenvalue weighted by Gasteiger charge is -2.18. The van der Waals surface area contributed by atoms with E-state index >= 15 is 0 Å². The number of hydrogen-bond acceptors (Lipinski definition) is 6. The summed E-state index contributed by atoms with van der Waals surface area (Å²) in [6.07, 6.45) is 6.59. The topological polar surface area (TPSA) is 119 Å². The normalized spacial score (nSPS) is 12.8. The Bertz CT molecular complexity index is 1380. The van der Waals surface area contributed by atoms with E-state index in [0.717, 1.165) is 41.3 Å². The highest BCUT2D eigenvalue weighted by Crippen LogP contribution is 2.27. The Morgan fingerprint density at radius 1 is 1.00 bits per heavy atom. The zero-order valence-electron chi connectivity index (χ0n) is 17.7. The summed E-state index contributed by atoms with van der Waals surface area (Å²) in [5, 5.41) is 18.8. The molecule has 3 heterocycles. The van der Waals surface area contributed by atoms with Crippen LogP contribution in [0.4, 0.5) is 5.82 Å². The van der Waals surface area contributed by atoms with Crippen LogP contribution < -0.4 is 5.32 Å². The standard InChI is InChI=1S/C25H21N7O/c26-15-32(19-9-10-19)24(27)21-6-2-8-23(30-21)31-25(33)17-5-1-4-16(12-17)18-13-22-20(29-14-18)7-3-11-28-22/h1-8,11-15,19,26-27H,9-10H2,(H,30,31,33). The van der Waals surface area contributed by atoms with E-state index in [2.05, 4.69) is 20.3 Å². The second kappa shape index (κ2) is 8.58. The fourth-order valence-electron chi connectivity index (χ4n) is 3.61. The van der Waals surface area contributed by atoms with Gasteiger partial charge in [-0.1, -0.05) is 18.2 Å². The third kappa shape index (κ3) is 4.31. The highest BCUT2D eigenvalue weighted by molar-refractivity contribution is 6.05. The van der Waals surface area contributed by atoms with Gasteiger partial charge >= 0.3 is 0 Å². The first-order chi connectivity index (χ1) is 16.1. The molecule has 4 aromatic rings. The van der Waals surface area contributed by atoms with Crippen LogP contribution in [0.5, 0.6) is 0 Å². The van der Waals surface area contributed by atoms with E-state index in [0.29, 0.717) is 17.1 Å². The minimum Gasteiger partial charge on any atom is -0.313 e. The Kier molecular flexibility index (Phi) is 5.32. The zero-order valence-corrected chi connectivity index (χ0v) is 17.7. The van der Waals surface area contributed by atoms with Gasteiger partial charge in [-0.15, -0.1) is 0 Å². The van der Waals surface area contributed by atoms with Crippen molar-refractivity contribution in [3.8, 4) is 11.1 Å². The number of carbonyl (C=O) groups excluding carboxylic acids is 1. The Hall–Kier alpha value is -4.46. The SMILES string of the molecule is N=CN(C(=N)c1cccc(NC(=O)c2cccc(-c3cnc4cccnc4c3)c2)n1)C1CC1. The lowest BCUT2D eigenvalue weighted by molar-refractivity contribution is 0.102. The van der Waals surface area contributed by atoms with Crippen LogP contribution in [0.2, 0.25) is 0 Å². The molecule has 0 unspecified atom stereocenters. The Morgan fingerprint density at radius 2 is 1.85 bits per heavy atom. The summed E-state index contributed by atoms with van der Waals surface area (Å²) in [5.74, 6) is 0.207. The number of nitrogens with zero attached hydrogens (tertiary/aromatic N) is 4. The van der Waals surface area contributed by atoms with Gasteiger partial charge < -0.3 is 10.2 Å². The first-order valence-corrected chi connectivity index (χ1v) is 10.6. The summed E-state index contributed by atoms with van der Waals surface area (Å²) < 4.78 is 0. The number of rotatable bonds is 6. The molecule has 0 spiro atoms. The van der Waals surface area contributed by atoms with E-state index in [9.17, 15) is 4.79 Å². The predicted molar refractivity (Wildman–Crippen MR) is 128 cm³/mol. The summed E-state index contributed by atoms with van der Waals surface area (Å²) in [6.45, 7) is 0. The molecule has 5 rings (SSSR count). The van der Waals surface area contributed by atoms with Crippen molar-refractivity contribution in [3.63, 3.8) is 0 Å². The largest absolute Gasteiger partial charge is 0.313 e. The van der Waals surface area contributed by atoms with Gasteiger partial charge in [0.15, 0.2) is 5.84 Å². The smallest absolute Gasteiger partial charge is 0.256 e. The predicted octanol–water partition coefficient (Wildman–Crippen LogP) is 4.34. The second-order valence-electron chi connectivity index (χ2n) is 7.82. The van der Waals surface area contributed by atoms with Crippen LogP contribution in [0.25, 0.3) is 22.2 Å². The summed E-state index contributed by atoms with van der Waals surface area (Å²) in [4.78, 5) is 27.7. The third-order valence-corrected chi connectivity index (χ3v) is 5.48. The number of benzene rings is 1. The molecule has 8 nitrogen and oxygen atoms in total. The molecule has 1 fully saturated rings. The van der Waals surface area contributed by atoms with Crippen molar-refractivity contribution in [2.24, 2.45) is 0 Å². The molecule has 3 aromatic heterocycles. The monoisotopic (exact) mass is 435 g/mol. The van der Waals surface area contributed by atoms with Gasteiger partial charge in [0.2, 0.25) is 0 Å². The van der Waals surface area contributed by atoms with Crippen molar-refractivity contribution >= 4 is 34.9 Å². The molecule has 0 bridgehead atoms. The second-order valence-corrected chi connectivity index (χ2v) is 7.82. The van der Waals surface area contributed by atoms with Gasteiger partial charge in [0.05, 0.1) is 17.4 Å². The highest BCUT2D eigenvalue weighted by atomic mass is 16.1. The minimum absolute atomic E-state index is 0.156. The molecule has 3 N–H and O–H groups in total. The number of hydrogen-bond donors (Lipinski definition) is 3. The molecule has 1 aliphatic carbocycles. The van der Waals surface area contributed by atoms with Crippen LogP contribution in [0.3, 0.4) is 0 Å².